The molecule has 66 valence electrons. The molecule has 12 heavy (non-hydrogen) atoms. The number of rotatable bonds is 4. The van der Waals surface area contributed by atoms with Gasteiger partial charge in [0.1, 0.15) is 0 Å². The highest BCUT2D eigenvalue weighted by Crippen LogP contribution is 2.05. The Morgan fingerprint density at radius 2 is 1.83 bits per heavy atom. The monoisotopic (exact) mass is 165 g/mol. The predicted molar refractivity (Wildman–Crippen MR) is 50.0 cm³/mol. The van der Waals surface area contributed by atoms with Crippen molar-refractivity contribution in [2.45, 2.75) is 12.8 Å². The Labute approximate surface area is 73.0 Å². The highest BCUT2D eigenvalue weighted by atomic mass is 16.2. The maximum Gasteiger partial charge on any atom is 0.0471 e. The molecule has 0 aliphatic rings. The molecule has 0 spiro atoms. The first-order valence-corrected chi connectivity index (χ1v) is 4.25. The van der Waals surface area contributed by atoms with Crippen LogP contribution in [0.1, 0.15) is 11.1 Å². The maximum atomic E-state index is 8.72. The number of aliphatic hydroxyl groups excluding tert-OH is 1. The van der Waals surface area contributed by atoms with E-state index in [1.807, 2.05) is 12.1 Å². The Hall–Kier alpha value is -0.860. The molecule has 0 radical (unpaired) electrons. The number of nitrogens with two attached hydrogens (primary N) is 1. The van der Waals surface area contributed by atoms with Gasteiger partial charge in [-0.25, -0.2) is 0 Å². The molecule has 0 fully saturated rings. The molecule has 2 nitrogen and oxygen atoms in total. The average molecular weight is 165 g/mol. The van der Waals surface area contributed by atoms with Crippen LogP contribution in [0, 0.1) is 0 Å². The van der Waals surface area contributed by atoms with Crippen LogP contribution in [0.5, 0.6) is 0 Å². The molecule has 0 atom stereocenters. The second kappa shape index (κ2) is 4.91. The van der Waals surface area contributed by atoms with Crippen LogP contribution in [0.3, 0.4) is 0 Å². The molecule has 0 saturated heterocycles. The van der Waals surface area contributed by atoms with Gasteiger partial charge in [0.05, 0.1) is 0 Å². The molecule has 2 heteroatoms. The molecule has 1 aromatic rings. The first-order chi connectivity index (χ1) is 5.86. The lowest BCUT2D eigenvalue weighted by Crippen LogP contribution is -2.03. The zero-order valence-electron chi connectivity index (χ0n) is 7.16. The molecule has 0 aliphatic heterocycles. The molecular formula is C10H15NO. The van der Waals surface area contributed by atoms with Gasteiger partial charge < -0.3 is 10.8 Å². The summed E-state index contributed by atoms with van der Waals surface area (Å²) in [6.07, 6.45) is 1.65. The van der Waals surface area contributed by atoms with Crippen LogP contribution in [0.4, 0.5) is 0 Å². The molecule has 0 saturated carbocycles. The molecule has 0 bridgehead atoms. The smallest absolute Gasteiger partial charge is 0.0471 e. The van der Waals surface area contributed by atoms with E-state index in [2.05, 4.69) is 12.1 Å². The Balaban J connectivity index is 2.67. The van der Waals surface area contributed by atoms with E-state index >= 15 is 0 Å². The number of benzene rings is 1. The van der Waals surface area contributed by atoms with Gasteiger partial charge in [-0.2, -0.15) is 0 Å². The first kappa shape index (κ1) is 9.23. The van der Waals surface area contributed by atoms with Gasteiger partial charge >= 0.3 is 0 Å². The van der Waals surface area contributed by atoms with E-state index in [0.717, 1.165) is 12.8 Å². The maximum absolute atomic E-state index is 8.72. The van der Waals surface area contributed by atoms with Gasteiger partial charge in [-0.1, -0.05) is 24.3 Å². The molecular weight excluding hydrogens is 150 g/mol. The van der Waals surface area contributed by atoms with Gasteiger partial charge in [-0.05, 0) is 30.5 Å². The van der Waals surface area contributed by atoms with E-state index in [0.29, 0.717) is 6.54 Å². The highest BCUT2D eigenvalue weighted by molar-refractivity contribution is 5.23. The van der Waals surface area contributed by atoms with Gasteiger partial charge in [0, 0.05) is 6.61 Å². The second-order valence-corrected chi connectivity index (χ2v) is 2.83. The Morgan fingerprint density at radius 1 is 1.17 bits per heavy atom. The number of hydrogen-bond acceptors (Lipinski definition) is 2. The first-order valence-electron chi connectivity index (χ1n) is 4.25. The molecule has 3 N–H and O–H groups in total. The second-order valence-electron chi connectivity index (χ2n) is 2.83. The zero-order valence-corrected chi connectivity index (χ0v) is 7.16. The molecule has 0 unspecified atom stereocenters. The Bertz CT molecular complexity index is 214. The molecule has 0 amide bonds. The van der Waals surface area contributed by atoms with Gasteiger partial charge in [-0.15, -0.1) is 0 Å². The normalized spacial score (nSPS) is 10.2. The summed E-state index contributed by atoms with van der Waals surface area (Å²) in [6, 6.07) is 8.20. The van der Waals surface area contributed by atoms with Crippen molar-refractivity contribution in [3.05, 3.63) is 35.4 Å². The van der Waals surface area contributed by atoms with Crippen molar-refractivity contribution in [1.82, 2.24) is 0 Å². The Morgan fingerprint density at radius 3 is 2.42 bits per heavy atom. The summed E-state index contributed by atoms with van der Waals surface area (Å²) in [5, 5.41) is 8.72. The van der Waals surface area contributed by atoms with E-state index in [4.69, 9.17) is 10.8 Å². The minimum atomic E-state index is 0.214. The lowest BCUT2D eigenvalue weighted by atomic mass is 10.1. The molecule has 1 rings (SSSR count). The van der Waals surface area contributed by atoms with Crippen LogP contribution in [0.25, 0.3) is 0 Å². The topological polar surface area (TPSA) is 46.2 Å². The van der Waals surface area contributed by atoms with Crippen LogP contribution in [0.15, 0.2) is 24.3 Å². The summed E-state index contributed by atoms with van der Waals surface area (Å²) < 4.78 is 0. The fraction of sp³-hybridized carbons (Fsp3) is 0.400. The van der Waals surface area contributed by atoms with Crippen molar-refractivity contribution < 1.29 is 5.11 Å². The van der Waals surface area contributed by atoms with Crippen molar-refractivity contribution in [2.75, 3.05) is 13.2 Å². The van der Waals surface area contributed by atoms with Crippen molar-refractivity contribution >= 4 is 0 Å². The third-order valence-corrected chi connectivity index (χ3v) is 1.82. The summed E-state index contributed by atoms with van der Waals surface area (Å²) >= 11 is 0. The predicted octanol–water partition coefficient (Wildman–Crippen LogP) is 0.723. The number of hydrogen-bond donors (Lipinski definition) is 2. The minimum Gasteiger partial charge on any atom is -0.396 e. The van der Waals surface area contributed by atoms with Gasteiger partial charge in [0.2, 0.25) is 0 Å². The van der Waals surface area contributed by atoms with E-state index in [9.17, 15) is 0 Å². The summed E-state index contributed by atoms with van der Waals surface area (Å²) in [7, 11) is 0. The standard InChI is InChI=1S/C10H15NO/c11-6-4-9-2-1-3-10(8-9)5-7-12/h1-3,8,12H,4-7,11H2. The molecule has 1 aromatic carbocycles. The van der Waals surface area contributed by atoms with Gasteiger partial charge in [-0.3, -0.25) is 0 Å². The van der Waals surface area contributed by atoms with E-state index in [-0.39, 0.29) is 6.61 Å². The Kier molecular flexibility index (Phi) is 3.77. The van der Waals surface area contributed by atoms with Crippen molar-refractivity contribution in [3.63, 3.8) is 0 Å². The highest BCUT2D eigenvalue weighted by Gasteiger charge is 1.94. The van der Waals surface area contributed by atoms with Crippen LogP contribution < -0.4 is 5.73 Å². The van der Waals surface area contributed by atoms with Crippen LogP contribution in [-0.2, 0) is 12.8 Å². The third-order valence-electron chi connectivity index (χ3n) is 1.82. The summed E-state index contributed by atoms with van der Waals surface area (Å²) in [5.41, 5.74) is 7.87. The zero-order chi connectivity index (χ0) is 8.81. The van der Waals surface area contributed by atoms with E-state index in [1.54, 1.807) is 0 Å². The fourth-order valence-electron chi connectivity index (χ4n) is 1.24. The van der Waals surface area contributed by atoms with Crippen LogP contribution in [0.2, 0.25) is 0 Å². The van der Waals surface area contributed by atoms with E-state index in [1.165, 1.54) is 11.1 Å². The van der Waals surface area contributed by atoms with Crippen LogP contribution >= 0.6 is 0 Å². The summed E-state index contributed by atoms with van der Waals surface area (Å²) in [5.74, 6) is 0. The molecule has 0 aromatic heterocycles. The lowest BCUT2D eigenvalue weighted by molar-refractivity contribution is 0.299. The van der Waals surface area contributed by atoms with Crippen molar-refractivity contribution in [3.8, 4) is 0 Å². The molecule has 0 aliphatic carbocycles. The van der Waals surface area contributed by atoms with Gasteiger partial charge in [0.15, 0.2) is 0 Å². The van der Waals surface area contributed by atoms with Crippen molar-refractivity contribution in [2.24, 2.45) is 5.73 Å². The quantitative estimate of drug-likeness (QED) is 0.690. The fourth-order valence-corrected chi connectivity index (χ4v) is 1.24. The lowest BCUT2D eigenvalue weighted by Gasteiger charge is -2.01. The van der Waals surface area contributed by atoms with E-state index < -0.39 is 0 Å². The summed E-state index contributed by atoms with van der Waals surface area (Å²) in [4.78, 5) is 0. The van der Waals surface area contributed by atoms with Gasteiger partial charge in [0.25, 0.3) is 0 Å². The minimum absolute atomic E-state index is 0.214. The average Bonchev–Trinajstić information content (AvgIpc) is 2.06. The van der Waals surface area contributed by atoms with Crippen molar-refractivity contribution in [1.29, 1.82) is 0 Å². The third kappa shape index (κ3) is 2.64. The molecule has 0 heterocycles. The van der Waals surface area contributed by atoms with Crippen LogP contribution in [-0.4, -0.2) is 18.3 Å². The summed E-state index contributed by atoms with van der Waals surface area (Å²) in [6.45, 7) is 0.897. The SMILES string of the molecule is NCCc1cccc(CCO)c1. The largest absolute Gasteiger partial charge is 0.396 e. The number of aliphatic hydroxyl groups is 1.